The summed E-state index contributed by atoms with van der Waals surface area (Å²) < 4.78 is 73.2. The highest BCUT2D eigenvalue weighted by Gasteiger charge is 2.58. The molecule has 0 radical (unpaired) electrons. The monoisotopic (exact) mass is 429 g/mol. The number of ether oxygens (including phenoxy) is 1. The number of hydrogen-bond donors (Lipinski definition) is 2. The molecule has 1 saturated carbocycles. The Hall–Kier alpha value is -2.33. The lowest BCUT2D eigenvalue weighted by molar-refractivity contribution is -0.136. The van der Waals surface area contributed by atoms with Crippen LogP contribution in [0.4, 0.5) is 22.0 Å². The largest absolute Gasteiger partial charge is 0.418 e. The molecule has 2 heterocycles. The predicted octanol–water partition coefficient (Wildman–Crippen LogP) is 3.40. The smallest absolute Gasteiger partial charge is 0.378 e. The number of rotatable bonds is 4. The molecule has 1 aliphatic heterocycles. The molecule has 0 bridgehead atoms. The summed E-state index contributed by atoms with van der Waals surface area (Å²) in [4.78, 5) is 16.4. The van der Waals surface area contributed by atoms with Gasteiger partial charge in [-0.1, -0.05) is 0 Å². The number of carbonyl (C=O) groups is 1. The summed E-state index contributed by atoms with van der Waals surface area (Å²) in [6.45, 7) is 3.40. The van der Waals surface area contributed by atoms with E-state index in [1.807, 2.05) is 0 Å². The Bertz CT molecular complexity index is 987. The first-order chi connectivity index (χ1) is 14.1. The van der Waals surface area contributed by atoms with Crippen LogP contribution < -0.4 is 10.6 Å². The Morgan fingerprint density at radius 1 is 1.33 bits per heavy atom. The van der Waals surface area contributed by atoms with Gasteiger partial charge in [0.1, 0.15) is 5.69 Å². The Labute approximate surface area is 169 Å². The minimum atomic E-state index is -4.80. The third-order valence-corrected chi connectivity index (χ3v) is 5.42. The zero-order valence-electron chi connectivity index (χ0n) is 16.1. The van der Waals surface area contributed by atoms with E-state index in [0.717, 1.165) is 6.07 Å². The molecule has 1 unspecified atom stereocenters. The van der Waals surface area contributed by atoms with E-state index in [2.05, 4.69) is 15.6 Å². The number of aryl methyl sites for hydroxylation is 1. The highest BCUT2D eigenvalue weighted by molar-refractivity contribution is 5.97. The van der Waals surface area contributed by atoms with Gasteiger partial charge in [0.05, 0.1) is 30.2 Å². The molecule has 5 nitrogen and oxygen atoms in total. The minimum absolute atomic E-state index is 0.0645. The average molecular weight is 429 g/mol. The van der Waals surface area contributed by atoms with Crippen molar-refractivity contribution in [3.05, 3.63) is 40.6 Å². The third-order valence-electron chi connectivity index (χ3n) is 5.42. The SMILES string of the molecule is Cc1cc(C(=O)NC[C@@H]2COCCN2)nc2c(C(F)(F)F)cc(C3CC3(F)F)cc12. The Kier molecular flexibility index (Phi) is 5.17. The summed E-state index contributed by atoms with van der Waals surface area (Å²) in [5.41, 5.74) is -1.39. The molecule has 162 valence electrons. The Morgan fingerprint density at radius 2 is 2.07 bits per heavy atom. The van der Waals surface area contributed by atoms with E-state index in [1.165, 1.54) is 19.1 Å². The maximum Gasteiger partial charge on any atom is 0.418 e. The van der Waals surface area contributed by atoms with Gasteiger partial charge in [-0.2, -0.15) is 13.2 Å². The first-order valence-corrected chi connectivity index (χ1v) is 9.56. The van der Waals surface area contributed by atoms with Crippen LogP contribution in [0.15, 0.2) is 18.2 Å². The number of nitrogens with zero attached hydrogens (tertiary/aromatic N) is 1. The van der Waals surface area contributed by atoms with Crippen molar-refractivity contribution < 1.29 is 31.5 Å². The molecule has 0 spiro atoms. The molecule has 1 aromatic carbocycles. The summed E-state index contributed by atoms with van der Waals surface area (Å²) in [7, 11) is 0. The van der Waals surface area contributed by atoms with Crippen molar-refractivity contribution in [1.82, 2.24) is 15.6 Å². The lowest BCUT2D eigenvalue weighted by Gasteiger charge is -2.24. The van der Waals surface area contributed by atoms with Crippen LogP contribution in [0.1, 0.15) is 39.5 Å². The Balaban J connectivity index is 1.68. The molecule has 2 N–H and O–H groups in total. The van der Waals surface area contributed by atoms with E-state index >= 15 is 0 Å². The summed E-state index contributed by atoms with van der Waals surface area (Å²) in [5.74, 6) is -4.83. The molecule has 1 amide bonds. The van der Waals surface area contributed by atoms with Crippen molar-refractivity contribution >= 4 is 16.8 Å². The molecule has 10 heteroatoms. The van der Waals surface area contributed by atoms with Crippen LogP contribution >= 0.6 is 0 Å². The second-order valence-electron chi connectivity index (χ2n) is 7.74. The normalized spacial score (nSPS) is 23.4. The second-order valence-corrected chi connectivity index (χ2v) is 7.74. The van der Waals surface area contributed by atoms with Crippen LogP contribution in [0.5, 0.6) is 0 Å². The van der Waals surface area contributed by atoms with E-state index in [9.17, 15) is 26.7 Å². The third kappa shape index (κ3) is 4.11. The number of pyridine rings is 1. The molecule has 2 atom stereocenters. The van der Waals surface area contributed by atoms with E-state index in [-0.39, 0.29) is 29.2 Å². The zero-order chi connectivity index (χ0) is 21.7. The standard InChI is InChI=1S/C20H20F5N3O2/c1-10-4-16(18(29)27-8-12-9-30-3-2-26-12)28-17-13(10)5-11(15-7-19(15,21)22)6-14(17)20(23,24)25/h4-6,12,15,26H,2-3,7-9H2,1H3,(H,27,29)/t12-,15?/m1/s1. The number of carbonyl (C=O) groups excluding carboxylic acids is 1. The van der Waals surface area contributed by atoms with Gasteiger partial charge in [-0.05, 0) is 36.2 Å². The van der Waals surface area contributed by atoms with E-state index in [1.54, 1.807) is 0 Å². The number of aromatic nitrogens is 1. The van der Waals surface area contributed by atoms with Gasteiger partial charge in [-0.15, -0.1) is 0 Å². The van der Waals surface area contributed by atoms with Gasteiger partial charge in [0.25, 0.3) is 11.8 Å². The van der Waals surface area contributed by atoms with Crippen molar-refractivity contribution in [2.45, 2.75) is 37.4 Å². The number of morpholine rings is 1. The van der Waals surface area contributed by atoms with Gasteiger partial charge in [-0.3, -0.25) is 4.79 Å². The first-order valence-electron chi connectivity index (χ1n) is 9.56. The fourth-order valence-electron chi connectivity index (χ4n) is 3.68. The van der Waals surface area contributed by atoms with Crippen LogP contribution in [0, 0.1) is 6.92 Å². The predicted molar refractivity (Wildman–Crippen MR) is 98.7 cm³/mol. The topological polar surface area (TPSA) is 63.2 Å². The zero-order valence-corrected chi connectivity index (χ0v) is 16.1. The number of benzene rings is 1. The molecule has 2 aliphatic rings. The van der Waals surface area contributed by atoms with Crippen LogP contribution in [0.2, 0.25) is 0 Å². The van der Waals surface area contributed by atoms with Gasteiger partial charge in [0, 0.05) is 30.9 Å². The first kappa shape index (κ1) is 20.9. The number of halogens is 5. The summed E-state index contributed by atoms with van der Waals surface area (Å²) in [5, 5.41) is 5.91. The van der Waals surface area contributed by atoms with Crippen LogP contribution in [0.3, 0.4) is 0 Å². The number of alkyl halides is 5. The van der Waals surface area contributed by atoms with Gasteiger partial charge < -0.3 is 15.4 Å². The number of amides is 1. The van der Waals surface area contributed by atoms with E-state index < -0.39 is 41.4 Å². The van der Waals surface area contributed by atoms with Crippen molar-refractivity contribution in [3.8, 4) is 0 Å². The molecule has 4 rings (SSSR count). The number of nitrogens with one attached hydrogen (secondary N) is 2. The summed E-state index contributed by atoms with van der Waals surface area (Å²) in [6.07, 6.45) is -5.27. The molecular weight excluding hydrogens is 409 g/mol. The van der Waals surface area contributed by atoms with E-state index in [0.29, 0.717) is 25.3 Å². The maximum atomic E-state index is 13.7. The lowest BCUT2D eigenvalue weighted by Crippen LogP contribution is -2.48. The molecule has 1 aromatic heterocycles. The van der Waals surface area contributed by atoms with Gasteiger partial charge in [0.2, 0.25) is 0 Å². The van der Waals surface area contributed by atoms with Crippen molar-refractivity contribution in [3.63, 3.8) is 0 Å². The molecule has 1 saturated heterocycles. The second kappa shape index (κ2) is 7.42. The number of fused-ring (bicyclic) bond motifs is 1. The molecule has 30 heavy (non-hydrogen) atoms. The lowest BCUT2D eigenvalue weighted by atomic mass is 9.98. The van der Waals surface area contributed by atoms with Crippen LogP contribution in [-0.2, 0) is 10.9 Å². The summed E-state index contributed by atoms with van der Waals surface area (Å²) in [6, 6.07) is 3.32. The quantitative estimate of drug-likeness (QED) is 0.732. The van der Waals surface area contributed by atoms with Crippen molar-refractivity contribution in [2.24, 2.45) is 0 Å². The molecule has 2 fully saturated rings. The van der Waals surface area contributed by atoms with Gasteiger partial charge in [0.15, 0.2) is 0 Å². The highest BCUT2D eigenvalue weighted by atomic mass is 19.4. The van der Waals surface area contributed by atoms with Crippen molar-refractivity contribution in [1.29, 1.82) is 0 Å². The fourth-order valence-corrected chi connectivity index (χ4v) is 3.68. The molecular formula is C20H20F5N3O2. The minimum Gasteiger partial charge on any atom is -0.378 e. The Morgan fingerprint density at radius 3 is 2.67 bits per heavy atom. The highest BCUT2D eigenvalue weighted by Crippen LogP contribution is 2.56. The molecule has 1 aliphatic carbocycles. The van der Waals surface area contributed by atoms with Crippen LogP contribution in [0.25, 0.3) is 10.9 Å². The maximum absolute atomic E-state index is 13.7. The van der Waals surface area contributed by atoms with Gasteiger partial charge in [-0.25, -0.2) is 13.8 Å². The van der Waals surface area contributed by atoms with Crippen molar-refractivity contribution in [2.75, 3.05) is 26.3 Å². The average Bonchev–Trinajstić information content (AvgIpc) is 3.33. The fraction of sp³-hybridized carbons (Fsp3) is 0.500. The van der Waals surface area contributed by atoms with Gasteiger partial charge >= 0.3 is 6.18 Å². The van der Waals surface area contributed by atoms with Crippen LogP contribution in [-0.4, -0.2) is 49.2 Å². The summed E-state index contributed by atoms with van der Waals surface area (Å²) >= 11 is 0. The molecule has 2 aromatic rings. The van der Waals surface area contributed by atoms with E-state index in [4.69, 9.17) is 4.74 Å². The number of hydrogen-bond acceptors (Lipinski definition) is 4.